The standard InChI is InChI=1S/C22H26O5/c1-22(2)26-20-19(24-14-17-11-7-4-8-12-17)18(25-21(20)27-22)15-23-13-16-9-5-3-6-10-16/h3-12,18-21H,13-15H2,1-2H3/t18?,19-,20?,21?/m1/s1. The summed E-state index contributed by atoms with van der Waals surface area (Å²) in [5.74, 6) is -0.667. The van der Waals surface area contributed by atoms with Crippen LogP contribution in [0.15, 0.2) is 60.7 Å². The van der Waals surface area contributed by atoms with Crippen molar-refractivity contribution in [3.63, 3.8) is 0 Å². The molecule has 2 aliphatic rings. The fourth-order valence-electron chi connectivity index (χ4n) is 3.52. The number of rotatable bonds is 7. The van der Waals surface area contributed by atoms with Crippen LogP contribution in [0.3, 0.4) is 0 Å². The third-order valence-electron chi connectivity index (χ3n) is 4.77. The monoisotopic (exact) mass is 370 g/mol. The van der Waals surface area contributed by atoms with E-state index in [1.165, 1.54) is 0 Å². The SMILES string of the molecule is CC1(C)OC2OC(COCc3ccccc3)[C@@H](OCc3ccccc3)C2O1. The smallest absolute Gasteiger partial charge is 0.190 e. The Hall–Kier alpha value is -1.76. The molecule has 2 aromatic carbocycles. The van der Waals surface area contributed by atoms with Crippen LogP contribution in [0, 0.1) is 0 Å². The summed E-state index contributed by atoms with van der Waals surface area (Å²) < 4.78 is 30.1. The molecule has 0 spiro atoms. The number of hydrogen-bond donors (Lipinski definition) is 0. The van der Waals surface area contributed by atoms with Gasteiger partial charge in [0, 0.05) is 0 Å². The van der Waals surface area contributed by atoms with Crippen LogP contribution in [0.2, 0.25) is 0 Å². The van der Waals surface area contributed by atoms with Gasteiger partial charge in [0.25, 0.3) is 0 Å². The second kappa shape index (κ2) is 8.09. The zero-order valence-electron chi connectivity index (χ0n) is 15.7. The van der Waals surface area contributed by atoms with Gasteiger partial charge in [0.05, 0.1) is 19.8 Å². The van der Waals surface area contributed by atoms with Crippen LogP contribution in [0.4, 0.5) is 0 Å². The Kier molecular flexibility index (Phi) is 5.57. The minimum absolute atomic E-state index is 0.233. The fraction of sp³-hybridized carbons (Fsp3) is 0.455. The van der Waals surface area contributed by atoms with E-state index in [1.54, 1.807) is 0 Å². The summed E-state index contributed by atoms with van der Waals surface area (Å²) in [6.45, 7) is 5.24. The van der Waals surface area contributed by atoms with Crippen LogP contribution >= 0.6 is 0 Å². The predicted octanol–water partition coefficient (Wildman–Crippen LogP) is 3.67. The first-order chi connectivity index (χ1) is 13.1. The van der Waals surface area contributed by atoms with Crippen LogP contribution < -0.4 is 0 Å². The Morgan fingerprint density at radius 1 is 0.852 bits per heavy atom. The van der Waals surface area contributed by atoms with Gasteiger partial charge in [-0.2, -0.15) is 0 Å². The van der Waals surface area contributed by atoms with Crippen LogP contribution in [-0.4, -0.2) is 37.0 Å². The zero-order chi connectivity index (χ0) is 18.7. The van der Waals surface area contributed by atoms with Crippen molar-refractivity contribution in [1.82, 2.24) is 0 Å². The van der Waals surface area contributed by atoms with E-state index in [0.29, 0.717) is 19.8 Å². The Labute approximate surface area is 160 Å². The average Bonchev–Trinajstić information content (AvgIpc) is 3.13. The summed E-state index contributed by atoms with van der Waals surface area (Å²) in [5, 5.41) is 0. The van der Waals surface area contributed by atoms with E-state index < -0.39 is 12.1 Å². The molecule has 0 saturated carbocycles. The normalized spacial score (nSPS) is 29.0. The summed E-state index contributed by atoms with van der Waals surface area (Å²) in [6.07, 6.45) is -1.16. The number of fused-ring (bicyclic) bond motifs is 1. The summed E-state index contributed by atoms with van der Waals surface area (Å²) in [7, 11) is 0. The first kappa shape index (κ1) is 18.6. The minimum Gasteiger partial charge on any atom is -0.374 e. The molecule has 2 aromatic rings. The summed E-state index contributed by atoms with van der Waals surface area (Å²) >= 11 is 0. The number of hydrogen-bond acceptors (Lipinski definition) is 5. The van der Waals surface area contributed by atoms with E-state index in [1.807, 2.05) is 74.5 Å². The van der Waals surface area contributed by atoms with Gasteiger partial charge in [-0.25, -0.2) is 0 Å². The van der Waals surface area contributed by atoms with Crippen molar-refractivity contribution in [2.45, 2.75) is 57.5 Å². The van der Waals surface area contributed by atoms with Gasteiger partial charge in [-0.1, -0.05) is 60.7 Å². The van der Waals surface area contributed by atoms with Crippen molar-refractivity contribution in [2.75, 3.05) is 6.61 Å². The highest BCUT2D eigenvalue weighted by atomic mass is 16.8. The van der Waals surface area contributed by atoms with Crippen molar-refractivity contribution in [2.24, 2.45) is 0 Å². The molecule has 0 aromatic heterocycles. The summed E-state index contributed by atoms with van der Waals surface area (Å²) in [5.41, 5.74) is 2.24. The zero-order valence-corrected chi connectivity index (χ0v) is 15.7. The quantitative estimate of drug-likeness (QED) is 0.744. The van der Waals surface area contributed by atoms with Crippen molar-refractivity contribution >= 4 is 0 Å². The highest BCUT2D eigenvalue weighted by molar-refractivity contribution is 5.14. The second-order valence-corrected chi connectivity index (χ2v) is 7.41. The van der Waals surface area contributed by atoms with Crippen LogP contribution in [0.25, 0.3) is 0 Å². The molecular formula is C22H26O5. The molecule has 0 amide bonds. The first-order valence-electron chi connectivity index (χ1n) is 9.39. The molecule has 2 fully saturated rings. The third kappa shape index (κ3) is 4.57. The van der Waals surface area contributed by atoms with Crippen LogP contribution in [0.1, 0.15) is 25.0 Å². The Bertz CT molecular complexity index is 718. The largest absolute Gasteiger partial charge is 0.374 e. The molecule has 0 aliphatic carbocycles. The lowest BCUT2D eigenvalue weighted by Gasteiger charge is -2.26. The molecule has 0 bridgehead atoms. The van der Waals surface area contributed by atoms with Gasteiger partial charge in [-0.3, -0.25) is 0 Å². The van der Waals surface area contributed by atoms with Gasteiger partial charge in [0.1, 0.15) is 18.3 Å². The van der Waals surface area contributed by atoms with Gasteiger partial charge in [0.2, 0.25) is 0 Å². The topological polar surface area (TPSA) is 46.2 Å². The molecule has 2 heterocycles. The molecule has 4 rings (SSSR count). The Morgan fingerprint density at radius 2 is 1.48 bits per heavy atom. The lowest BCUT2D eigenvalue weighted by atomic mass is 10.1. The molecule has 0 radical (unpaired) electrons. The summed E-state index contributed by atoms with van der Waals surface area (Å²) in [4.78, 5) is 0. The van der Waals surface area contributed by atoms with E-state index in [4.69, 9.17) is 23.7 Å². The number of benzene rings is 2. The average molecular weight is 370 g/mol. The van der Waals surface area contributed by atoms with Gasteiger partial charge in [-0.15, -0.1) is 0 Å². The molecule has 144 valence electrons. The molecule has 2 aliphatic heterocycles. The van der Waals surface area contributed by atoms with Crippen molar-refractivity contribution < 1.29 is 23.7 Å². The van der Waals surface area contributed by atoms with E-state index in [-0.39, 0.29) is 18.3 Å². The van der Waals surface area contributed by atoms with E-state index in [9.17, 15) is 0 Å². The van der Waals surface area contributed by atoms with Crippen LogP contribution in [-0.2, 0) is 36.9 Å². The molecule has 3 unspecified atom stereocenters. The molecule has 5 nitrogen and oxygen atoms in total. The maximum Gasteiger partial charge on any atom is 0.190 e. The summed E-state index contributed by atoms with van der Waals surface area (Å²) in [6, 6.07) is 20.2. The van der Waals surface area contributed by atoms with Crippen molar-refractivity contribution in [3.05, 3.63) is 71.8 Å². The lowest BCUT2D eigenvalue weighted by Crippen LogP contribution is -2.38. The maximum absolute atomic E-state index is 6.20. The van der Waals surface area contributed by atoms with Crippen LogP contribution in [0.5, 0.6) is 0 Å². The van der Waals surface area contributed by atoms with E-state index in [0.717, 1.165) is 11.1 Å². The maximum atomic E-state index is 6.20. The highest BCUT2D eigenvalue weighted by Crippen LogP contribution is 2.39. The minimum atomic E-state index is -0.667. The second-order valence-electron chi connectivity index (χ2n) is 7.41. The third-order valence-corrected chi connectivity index (χ3v) is 4.77. The van der Waals surface area contributed by atoms with Gasteiger partial charge in [0.15, 0.2) is 12.1 Å². The predicted molar refractivity (Wildman–Crippen MR) is 99.8 cm³/mol. The molecular weight excluding hydrogens is 344 g/mol. The highest BCUT2D eigenvalue weighted by Gasteiger charge is 2.55. The van der Waals surface area contributed by atoms with Gasteiger partial charge < -0.3 is 23.7 Å². The van der Waals surface area contributed by atoms with Crippen molar-refractivity contribution in [3.8, 4) is 0 Å². The fourth-order valence-corrected chi connectivity index (χ4v) is 3.52. The molecule has 2 saturated heterocycles. The van der Waals surface area contributed by atoms with Crippen molar-refractivity contribution in [1.29, 1.82) is 0 Å². The number of ether oxygens (including phenoxy) is 5. The van der Waals surface area contributed by atoms with Gasteiger partial charge in [-0.05, 0) is 25.0 Å². The molecule has 0 N–H and O–H groups in total. The first-order valence-corrected chi connectivity index (χ1v) is 9.39. The van der Waals surface area contributed by atoms with E-state index in [2.05, 4.69) is 0 Å². The van der Waals surface area contributed by atoms with Gasteiger partial charge >= 0.3 is 0 Å². The molecule has 5 heteroatoms. The Balaban J connectivity index is 1.38. The Morgan fingerprint density at radius 3 is 2.15 bits per heavy atom. The lowest BCUT2D eigenvalue weighted by molar-refractivity contribution is -0.225. The van der Waals surface area contributed by atoms with E-state index >= 15 is 0 Å². The molecule has 4 atom stereocenters. The molecule has 27 heavy (non-hydrogen) atoms.